The summed E-state index contributed by atoms with van der Waals surface area (Å²) in [5, 5.41) is 4.14. The van der Waals surface area contributed by atoms with Gasteiger partial charge in [-0.2, -0.15) is 9.97 Å². The minimum atomic E-state index is 0.0969. The van der Waals surface area contributed by atoms with Crippen molar-refractivity contribution in [3.8, 4) is 11.5 Å². The molecule has 0 atom stereocenters. The van der Waals surface area contributed by atoms with Gasteiger partial charge in [0.05, 0.1) is 23.0 Å². The number of nitrogens with two attached hydrogens (primary N) is 2. The van der Waals surface area contributed by atoms with Crippen molar-refractivity contribution >= 4 is 34.2 Å². The maximum atomic E-state index is 6.03. The van der Waals surface area contributed by atoms with Crippen LogP contribution in [0, 0.1) is 0 Å². The zero-order valence-electron chi connectivity index (χ0n) is 13.7. The number of hydrogen-bond acceptors (Lipinski definition) is 7. The number of benzene rings is 2. The predicted molar refractivity (Wildman–Crippen MR) is 99.7 cm³/mol. The molecular weight excluding hydrogens is 330 g/mol. The Morgan fingerprint density at radius 1 is 0.923 bits per heavy atom. The number of ether oxygens (including phenoxy) is 1. The summed E-state index contributed by atoms with van der Waals surface area (Å²) in [5.74, 6) is 2.00. The Morgan fingerprint density at radius 3 is 2.69 bits per heavy atom. The molecule has 7 nitrogen and oxygen atoms in total. The highest BCUT2D eigenvalue weighted by atomic mass is 16.5. The van der Waals surface area contributed by atoms with Gasteiger partial charge in [0.1, 0.15) is 5.82 Å². The average molecular weight is 345 g/mol. The van der Waals surface area contributed by atoms with Crippen molar-refractivity contribution in [2.45, 2.75) is 6.42 Å². The van der Waals surface area contributed by atoms with Crippen LogP contribution in [0.3, 0.4) is 0 Å². The van der Waals surface area contributed by atoms with Crippen LogP contribution >= 0.6 is 0 Å². The summed E-state index contributed by atoms with van der Waals surface area (Å²) in [7, 11) is 0. The molecule has 128 valence electrons. The van der Waals surface area contributed by atoms with Crippen molar-refractivity contribution in [3.63, 3.8) is 0 Å². The third-order valence-electron chi connectivity index (χ3n) is 4.42. The quantitative estimate of drug-likeness (QED) is 0.446. The maximum Gasteiger partial charge on any atom is 0.233 e. The highest BCUT2D eigenvalue weighted by Gasteiger charge is 2.20. The summed E-state index contributed by atoms with van der Waals surface area (Å²) >= 11 is 0. The van der Waals surface area contributed by atoms with Gasteiger partial charge >= 0.3 is 0 Å². The second kappa shape index (κ2) is 5.38. The van der Waals surface area contributed by atoms with Crippen LogP contribution in [0.25, 0.3) is 11.1 Å². The van der Waals surface area contributed by atoms with E-state index in [1.54, 1.807) is 6.26 Å². The fraction of sp³-hybridized carbons (Fsp3) is 0.0526. The van der Waals surface area contributed by atoms with E-state index < -0.39 is 0 Å². The minimum absolute atomic E-state index is 0.0969. The fourth-order valence-electron chi connectivity index (χ4n) is 3.24. The minimum Gasteiger partial charge on any atom is -0.453 e. The van der Waals surface area contributed by atoms with E-state index in [1.165, 1.54) is 0 Å². The van der Waals surface area contributed by atoms with E-state index in [9.17, 15) is 0 Å². The smallest absolute Gasteiger partial charge is 0.233 e. The number of nitrogen functional groups attached to an aromatic ring is 2. The first-order valence-electron chi connectivity index (χ1n) is 8.14. The Balaban J connectivity index is 1.58. The summed E-state index contributed by atoms with van der Waals surface area (Å²) in [6.07, 6.45) is 2.23. The van der Waals surface area contributed by atoms with Crippen LogP contribution in [0.2, 0.25) is 0 Å². The summed E-state index contributed by atoms with van der Waals surface area (Å²) in [6, 6.07) is 13.8. The van der Waals surface area contributed by atoms with Crippen LogP contribution in [0.5, 0.6) is 11.5 Å². The largest absolute Gasteiger partial charge is 0.453 e. The molecule has 4 aromatic rings. The van der Waals surface area contributed by atoms with E-state index in [4.69, 9.17) is 20.6 Å². The van der Waals surface area contributed by atoms with Gasteiger partial charge in [-0.05, 0) is 23.8 Å². The van der Waals surface area contributed by atoms with Gasteiger partial charge in [-0.3, -0.25) is 0 Å². The Bertz CT molecular complexity index is 1150. The standard InChI is InChI=1S/C19H15N5O2/c20-17-15-11(9-25-18(15)24-19(21)23-17)8-10-4-3-7-14-16(10)22-12-5-1-2-6-13(12)26-14/h1-7,9,22H,8H2,(H4,20,21,23,24). The Labute approximate surface area is 148 Å². The number of para-hydroxylation sites is 3. The van der Waals surface area contributed by atoms with Gasteiger partial charge in [-0.15, -0.1) is 0 Å². The van der Waals surface area contributed by atoms with E-state index in [-0.39, 0.29) is 5.95 Å². The molecule has 26 heavy (non-hydrogen) atoms. The maximum absolute atomic E-state index is 6.03. The highest BCUT2D eigenvalue weighted by molar-refractivity contribution is 5.89. The molecule has 0 saturated carbocycles. The molecule has 0 aliphatic carbocycles. The lowest BCUT2D eigenvalue weighted by atomic mass is 10.0. The number of hydrogen-bond donors (Lipinski definition) is 3. The molecule has 1 aliphatic rings. The molecule has 0 saturated heterocycles. The number of aromatic nitrogens is 2. The van der Waals surface area contributed by atoms with Crippen molar-refractivity contribution < 1.29 is 9.15 Å². The van der Waals surface area contributed by atoms with Gasteiger partial charge < -0.3 is 25.9 Å². The second-order valence-corrected chi connectivity index (χ2v) is 6.10. The molecule has 0 bridgehead atoms. The lowest BCUT2D eigenvalue weighted by Gasteiger charge is -2.23. The van der Waals surface area contributed by atoms with E-state index in [2.05, 4.69) is 15.3 Å². The van der Waals surface area contributed by atoms with Crippen LogP contribution in [0.15, 0.2) is 53.1 Å². The van der Waals surface area contributed by atoms with Gasteiger partial charge in [-0.1, -0.05) is 24.3 Å². The number of nitrogens with one attached hydrogen (secondary N) is 1. The summed E-state index contributed by atoms with van der Waals surface area (Å²) in [6.45, 7) is 0. The molecule has 0 fully saturated rings. The number of fused-ring (bicyclic) bond motifs is 3. The van der Waals surface area contributed by atoms with E-state index in [0.717, 1.165) is 34.0 Å². The number of furan rings is 1. The third-order valence-corrected chi connectivity index (χ3v) is 4.42. The van der Waals surface area contributed by atoms with Crippen LogP contribution in [-0.4, -0.2) is 9.97 Å². The Kier molecular flexibility index (Phi) is 3.02. The highest BCUT2D eigenvalue weighted by Crippen LogP contribution is 2.44. The lowest BCUT2D eigenvalue weighted by Crippen LogP contribution is -2.06. The van der Waals surface area contributed by atoms with Crippen LogP contribution in [-0.2, 0) is 6.42 Å². The van der Waals surface area contributed by atoms with Crippen molar-refractivity contribution in [1.29, 1.82) is 0 Å². The summed E-state index contributed by atoms with van der Waals surface area (Å²) in [4.78, 5) is 8.13. The molecule has 2 aromatic carbocycles. The van der Waals surface area contributed by atoms with Gasteiger partial charge in [-0.25, -0.2) is 0 Å². The normalized spacial score (nSPS) is 12.2. The van der Waals surface area contributed by atoms with Crippen molar-refractivity contribution in [3.05, 3.63) is 59.9 Å². The molecule has 0 amide bonds. The topological polar surface area (TPSA) is 112 Å². The Hall–Kier alpha value is -3.74. The molecular formula is C19H15N5O2. The zero-order valence-corrected chi connectivity index (χ0v) is 13.7. The fourth-order valence-corrected chi connectivity index (χ4v) is 3.24. The number of rotatable bonds is 2. The Morgan fingerprint density at radius 2 is 1.77 bits per heavy atom. The van der Waals surface area contributed by atoms with Gasteiger partial charge in [0.2, 0.25) is 11.7 Å². The first-order chi connectivity index (χ1) is 12.7. The molecule has 1 aliphatic heterocycles. The SMILES string of the molecule is Nc1nc(N)c2c(Cc3cccc4c3Nc3ccccc3O4)coc2n1. The summed E-state index contributed by atoms with van der Waals surface area (Å²) < 4.78 is 11.5. The first kappa shape index (κ1) is 14.6. The summed E-state index contributed by atoms with van der Waals surface area (Å²) in [5.41, 5.74) is 15.9. The molecule has 7 heteroatoms. The van der Waals surface area contributed by atoms with Gasteiger partial charge in [0.25, 0.3) is 0 Å². The molecule has 0 spiro atoms. The molecule has 5 rings (SSSR count). The van der Waals surface area contributed by atoms with E-state index in [1.807, 2.05) is 42.5 Å². The third kappa shape index (κ3) is 2.21. The average Bonchev–Trinajstić information content (AvgIpc) is 3.03. The zero-order chi connectivity index (χ0) is 17.7. The van der Waals surface area contributed by atoms with Crippen LogP contribution in [0.1, 0.15) is 11.1 Å². The van der Waals surface area contributed by atoms with Crippen molar-refractivity contribution in [2.24, 2.45) is 0 Å². The number of nitrogens with zero attached hydrogens (tertiary/aromatic N) is 2. The molecule has 2 aromatic heterocycles. The number of anilines is 4. The lowest BCUT2D eigenvalue weighted by molar-refractivity contribution is 0.480. The second-order valence-electron chi connectivity index (χ2n) is 6.10. The molecule has 0 unspecified atom stereocenters. The van der Waals surface area contributed by atoms with Gasteiger partial charge in [0.15, 0.2) is 11.5 Å². The van der Waals surface area contributed by atoms with Crippen molar-refractivity contribution in [1.82, 2.24) is 9.97 Å². The molecule has 0 radical (unpaired) electrons. The molecule has 3 heterocycles. The van der Waals surface area contributed by atoms with Crippen molar-refractivity contribution in [2.75, 3.05) is 16.8 Å². The van der Waals surface area contributed by atoms with Crippen LogP contribution < -0.4 is 21.5 Å². The predicted octanol–water partition coefficient (Wildman–Crippen LogP) is 3.83. The monoisotopic (exact) mass is 345 g/mol. The molecule has 5 N–H and O–H groups in total. The van der Waals surface area contributed by atoms with E-state index >= 15 is 0 Å². The van der Waals surface area contributed by atoms with E-state index in [0.29, 0.717) is 23.3 Å². The first-order valence-corrected chi connectivity index (χ1v) is 8.14. The van der Waals surface area contributed by atoms with Crippen LogP contribution in [0.4, 0.5) is 23.1 Å². The van der Waals surface area contributed by atoms with Gasteiger partial charge in [0, 0.05) is 12.0 Å².